The Morgan fingerprint density at radius 2 is 1.96 bits per heavy atom. The monoisotopic (exact) mass is 314 g/mol. The van der Waals surface area contributed by atoms with Gasteiger partial charge >= 0.3 is 5.97 Å². The lowest BCUT2D eigenvalue weighted by molar-refractivity contribution is -0.124. The number of esters is 1. The van der Waals surface area contributed by atoms with Crippen molar-refractivity contribution in [1.82, 2.24) is 10.3 Å². The predicted molar refractivity (Wildman–Crippen MR) is 84.2 cm³/mol. The molecule has 23 heavy (non-hydrogen) atoms. The van der Waals surface area contributed by atoms with Crippen LogP contribution in [0.5, 0.6) is 5.75 Å². The van der Waals surface area contributed by atoms with Crippen molar-refractivity contribution in [3.05, 3.63) is 59.9 Å². The SMILES string of the molecule is COc1ccc(CCNC(=O)COC(=O)c2cccnc2)cc1. The molecule has 1 aromatic heterocycles. The van der Waals surface area contributed by atoms with Crippen molar-refractivity contribution in [3.63, 3.8) is 0 Å². The third kappa shape index (κ3) is 5.43. The topological polar surface area (TPSA) is 77.5 Å². The fraction of sp³-hybridized carbons (Fsp3) is 0.235. The van der Waals surface area contributed by atoms with Gasteiger partial charge in [0.1, 0.15) is 5.75 Å². The lowest BCUT2D eigenvalue weighted by Gasteiger charge is -2.07. The molecule has 0 fully saturated rings. The van der Waals surface area contributed by atoms with E-state index in [-0.39, 0.29) is 12.5 Å². The van der Waals surface area contributed by atoms with E-state index in [0.717, 1.165) is 11.3 Å². The zero-order valence-corrected chi connectivity index (χ0v) is 12.8. The molecular formula is C17H18N2O4. The summed E-state index contributed by atoms with van der Waals surface area (Å²) in [4.78, 5) is 27.1. The van der Waals surface area contributed by atoms with Crippen LogP contribution in [0.15, 0.2) is 48.8 Å². The minimum Gasteiger partial charge on any atom is -0.497 e. The number of pyridine rings is 1. The second kappa shape index (κ2) is 8.53. The number of nitrogens with one attached hydrogen (secondary N) is 1. The fourth-order valence-corrected chi connectivity index (χ4v) is 1.89. The van der Waals surface area contributed by atoms with Gasteiger partial charge in [0.05, 0.1) is 12.7 Å². The van der Waals surface area contributed by atoms with Crippen LogP contribution in [0.1, 0.15) is 15.9 Å². The van der Waals surface area contributed by atoms with Gasteiger partial charge in [-0.2, -0.15) is 0 Å². The van der Waals surface area contributed by atoms with Gasteiger partial charge in [0.25, 0.3) is 5.91 Å². The maximum absolute atomic E-state index is 11.7. The van der Waals surface area contributed by atoms with E-state index in [1.54, 1.807) is 25.4 Å². The van der Waals surface area contributed by atoms with Crippen LogP contribution < -0.4 is 10.1 Å². The van der Waals surface area contributed by atoms with E-state index in [4.69, 9.17) is 9.47 Å². The molecule has 0 radical (unpaired) electrons. The van der Waals surface area contributed by atoms with Crippen molar-refractivity contribution in [2.24, 2.45) is 0 Å². The second-order valence-electron chi connectivity index (χ2n) is 4.77. The van der Waals surface area contributed by atoms with Gasteiger partial charge < -0.3 is 14.8 Å². The summed E-state index contributed by atoms with van der Waals surface area (Å²) in [5.74, 6) is -0.112. The molecule has 0 spiro atoms. The summed E-state index contributed by atoms with van der Waals surface area (Å²) in [6.45, 7) is 0.159. The number of benzene rings is 1. The molecule has 2 aromatic rings. The van der Waals surface area contributed by atoms with E-state index >= 15 is 0 Å². The molecule has 0 aliphatic heterocycles. The highest BCUT2D eigenvalue weighted by molar-refractivity contribution is 5.90. The molecule has 0 atom stereocenters. The standard InChI is InChI=1S/C17H18N2O4/c1-22-15-6-4-13(5-7-15)8-10-19-16(20)12-23-17(21)14-3-2-9-18-11-14/h2-7,9,11H,8,10,12H2,1H3,(H,19,20). The summed E-state index contributed by atoms with van der Waals surface area (Å²) in [6.07, 6.45) is 3.64. The molecule has 120 valence electrons. The molecule has 2 rings (SSSR count). The van der Waals surface area contributed by atoms with Crippen LogP contribution in [0.2, 0.25) is 0 Å². The summed E-state index contributed by atoms with van der Waals surface area (Å²) >= 11 is 0. The first-order valence-electron chi connectivity index (χ1n) is 7.16. The average Bonchev–Trinajstić information content (AvgIpc) is 2.61. The first kappa shape index (κ1) is 16.5. The highest BCUT2D eigenvalue weighted by Crippen LogP contribution is 2.11. The van der Waals surface area contributed by atoms with Crippen molar-refractivity contribution in [3.8, 4) is 5.75 Å². The summed E-state index contributed by atoms with van der Waals surface area (Å²) in [7, 11) is 1.61. The second-order valence-corrected chi connectivity index (χ2v) is 4.77. The Labute approximate surface area is 134 Å². The Bertz CT molecular complexity index is 641. The zero-order chi connectivity index (χ0) is 16.5. The Kier molecular flexibility index (Phi) is 6.11. The molecule has 0 unspecified atom stereocenters. The number of hydrogen-bond donors (Lipinski definition) is 1. The summed E-state index contributed by atoms with van der Waals surface area (Å²) in [6, 6.07) is 10.8. The normalized spacial score (nSPS) is 9.96. The minimum absolute atomic E-state index is 0.309. The van der Waals surface area contributed by atoms with Crippen LogP contribution in [0.4, 0.5) is 0 Å². The molecule has 0 aliphatic carbocycles. The van der Waals surface area contributed by atoms with Crippen LogP contribution in [0.25, 0.3) is 0 Å². The van der Waals surface area contributed by atoms with Gasteiger partial charge in [0, 0.05) is 18.9 Å². The fourth-order valence-electron chi connectivity index (χ4n) is 1.89. The predicted octanol–water partition coefficient (Wildman–Crippen LogP) is 1.61. The molecule has 1 amide bonds. The number of carbonyl (C=O) groups is 2. The van der Waals surface area contributed by atoms with Gasteiger partial charge in [-0.15, -0.1) is 0 Å². The number of methoxy groups -OCH3 is 1. The summed E-state index contributed by atoms with van der Waals surface area (Å²) in [5, 5.41) is 2.70. The summed E-state index contributed by atoms with van der Waals surface area (Å²) in [5.41, 5.74) is 1.40. The van der Waals surface area contributed by atoms with Crippen molar-refractivity contribution < 1.29 is 19.1 Å². The van der Waals surface area contributed by atoms with Crippen LogP contribution in [0.3, 0.4) is 0 Å². The number of hydrogen-bond acceptors (Lipinski definition) is 5. The number of carbonyl (C=O) groups excluding carboxylic acids is 2. The first-order valence-corrected chi connectivity index (χ1v) is 7.16. The molecule has 1 aromatic carbocycles. The van der Waals surface area contributed by atoms with E-state index in [1.807, 2.05) is 24.3 Å². The van der Waals surface area contributed by atoms with Crippen LogP contribution >= 0.6 is 0 Å². The third-order valence-corrected chi connectivity index (χ3v) is 3.13. The quantitative estimate of drug-likeness (QED) is 0.786. The van der Waals surface area contributed by atoms with E-state index in [2.05, 4.69) is 10.3 Å². The summed E-state index contributed by atoms with van der Waals surface area (Å²) < 4.78 is 10.00. The van der Waals surface area contributed by atoms with Crippen molar-refractivity contribution in [2.75, 3.05) is 20.3 Å². The number of nitrogens with zero attached hydrogens (tertiary/aromatic N) is 1. The average molecular weight is 314 g/mol. The first-order chi connectivity index (χ1) is 11.2. The van der Waals surface area contributed by atoms with Crippen molar-refractivity contribution >= 4 is 11.9 Å². The molecule has 0 aliphatic rings. The minimum atomic E-state index is -0.566. The van der Waals surface area contributed by atoms with E-state index in [0.29, 0.717) is 18.5 Å². The molecular weight excluding hydrogens is 296 g/mol. The highest BCUT2D eigenvalue weighted by Gasteiger charge is 2.09. The molecule has 6 nitrogen and oxygen atoms in total. The van der Waals surface area contributed by atoms with Gasteiger partial charge in [-0.3, -0.25) is 9.78 Å². The van der Waals surface area contributed by atoms with Crippen LogP contribution in [-0.2, 0) is 16.0 Å². The number of rotatable bonds is 7. The van der Waals surface area contributed by atoms with E-state index in [9.17, 15) is 9.59 Å². The molecule has 1 heterocycles. The molecule has 1 N–H and O–H groups in total. The van der Waals surface area contributed by atoms with Crippen molar-refractivity contribution in [2.45, 2.75) is 6.42 Å². The van der Waals surface area contributed by atoms with Crippen LogP contribution in [0, 0.1) is 0 Å². The number of aromatic nitrogens is 1. The Morgan fingerprint density at radius 1 is 1.17 bits per heavy atom. The van der Waals surface area contributed by atoms with E-state index in [1.165, 1.54) is 6.20 Å². The molecule has 0 saturated carbocycles. The molecule has 0 saturated heterocycles. The van der Waals surface area contributed by atoms with Crippen molar-refractivity contribution in [1.29, 1.82) is 0 Å². The molecule has 6 heteroatoms. The Balaban J connectivity index is 1.67. The third-order valence-electron chi connectivity index (χ3n) is 3.13. The van der Waals surface area contributed by atoms with Gasteiger partial charge in [-0.1, -0.05) is 12.1 Å². The Hall–Kier alpha value is -2.89. The number of ether oxygens (including phenoxy) is 2. The zero-order valence-electron chi connectivity index (χ0n) is 12.8. The maximum Gasteiger partial charge on any atom is 0.340 e. The van der Waals surface area contributed by atoms with Gasteiger partial charge in [-0.25, -0.2) is 4.79 Å². The van der Waals surface area contributed by atoms with Gasteiger partial charge in [-0.05, 0) is 36.2 Å². The molecule has 0 bridgehead atoms. The Morgan fingerprint density at radius 3 is 2.61 bits per heavy atom. The largest absolute Gasteiger partial charge is 0.497 e. The number of amides is 1. The van der Waals surface area contributed by atoms with E-state index < -0.39 is 5.97 Å². The van der Waals surface area contributed by atoms with Gasteiger partial charge in [0.2, 0.25) is 0 Å². The van der Waals surface area contributed by atoms with Crippen LogP contribution in [-0.4, -0.2) is 37.1 Å². The lowest BCUT2D eigenvalue weighted by Crippen LogP contribution is -2.30. The van der Waals surface area contributed by atoms with Gasteiger partial charge in [0.15, 0.2) is 6.61 Å². The lowest BCUT2D eigenvalue weighted by atomic mass is 10.1. The maximum atomic E-state index is 11.7. The smallest absolute Gasteiger partial charge is 0.340 e. The highest BCUT2D eigenvalue weighted by atomic mass is 16.5.